The van der Waals surface area contributed by atoms with E-state index in [2.05, 4.69) is 194 Å². The van der Waals surface area contributed by atoms with Crippen molar-refractivity contribution in [1.29, 1.82) is 0 Å². The number of rotatable bonds is 33. The van der Waals surface area contributed by atoms with Crippen LogP contribution < -0.4 is 40.8 Å². The van der Waals surface area contributed by atoms with Crippen LogP contribution in [0.5, 0.6) is 34.9 Å². The zero-order valence-electron chi connectivity index (χ0n) is 77.3. The molecule has 0 atom stereocenters. The van der Waals surface area contributed by atoms with E-state index in [1.807, 2.05) is 24.3 Å². The van der Waals surface area contributed by atoms with Crippen molar-refractivity contribution in [2.45, 2.75) is 236 Å². The number of nitro groups is 1. The number of ether oxygens (including phenoxy) is 3. The second-order valence-corrected chi connectivity index (χ2v) is 36.9. The Morgan fingerprint density at radius 1 is 0.364 bits per heavy atom. The zero-order chi connectivity index (χ0) is 96.8. The molecule has 0 aliphatic heterocycles. The van der Waals surface area contributed by atoms with Gasteiger partial charge in [-0.05, 0) is 187 Å². The third kappa shape index (κ3) is 25.8. The van der Waals surface area contributed by atoms with Crippen molar-refractivity contribution in [3.05, 3.63) is 260 Å². The van der Waals surface area contributed by atoms with Crippen LogP contribution in [0.25, 0.3) is 44.7 Å². The Hall–Kier alpha value is -15.2. The first-order chi connectivity index (χ1) is 68.2. The number of nitrogens with one attached hydrogen (secondary N) is 5. The van der Waals surface area contributed by atoms with Gasteiger partial charge in [-0.2, -0.15) is 39.9 Å². The Labute approximate surface area is 814 Å². The van der Waals surface area contributed by atoms with E-state index in [4.69, 9.17) is 19.2 Å². The van der Waals surface area contributed by atoms with Crippen LogP contribution in [-0.4, -0.2) is 133 Å². The lowest BCUT2D eigenvalue weighted by molar-refractivity contribution is -0.384. The van der Waals surface area contributed by atoms with Gasteiger partial charge in [0.1, 0.15) is 49.2 Å². The van der Waals surface area contributed by atoms with Gasteiger partial charge >= 0.3 is 23.9 Å². The molecule has 0 saturated heterocycles. The van der Waals surface area contributed by atoms with Gasteiger partial charge in [0.15, 0.2) is 50.5 Å². The summed E-state index contributed by atoms with van der Waals surface area (Å²) >= 11 is 3.44. The van der Waals surface area contributed by atoms with Gasteiger partial charge in [0, 0.05) is 48.8 Å². The van der Waals surface area contributed by atoms with E-state index >= 15 is 0 Å². The molecule has 8 heterocycles. The van der Waals surface area contributed by atoms with Crippen molar-refractivity contribution < 1.29 is 63.1 Å². The number of hydrogen-bond acceptors (Lipinski definition) is 26. The number of imidazole rings is 4. The van der Waals surface area contributed by atoms with Gasteiger partial charge in [0.05, 0.1) is 30.2 Å². The number of hydrogen-bond donors (Lipinski definition) is 9. The summed E-state index contributed by atoms with van der Waals surface area (Å²) in [5.41, 5.74) is 13.1. The van der Waals surface area contributed by atoms with E-state index in [1.54, 1.807) is 4.57 Å². The molecule has 7 aromatic carbocycles. The van der Waals surface area contributed by atoms with Gasteiger partial charge in [0.2, 0.25) is 23.8 Å². The number of carbonyl (C=O) groups is 4. The lowest BCUT2D eigenvalue weighted by Crippen LogP contribution is -2.17. The summed E-state index contributed by atoms with van der Waals surface area (Å²) < 4.78 is 37.8. The number of carboxylic acids is 4. The van der Waals surface area contributed by atoms with Crippen LogP contribution in [-0.2, 0) is 71.5 Å². The SMILES string of the molecule is O=C(O)Cn1cnc2c(NC3CCCC3)nc(NCc3ccc(C4CCCCC4)cc3)nc21.O=C(O)Cn1cnc2c(Oc3ccc(F)cc3)nc(NCc3ccc(C4CCCCC4)cc3)nc21.O=C(O)Cn1cnc2c(Oc3ccc([N+](=O)[O-])cc3)nc(NCc3ccc(C4CCCCC4)cc3)nc21.O=C(O)Cn1cnc2c(Oc3cccc(Br)c3)nc(NCc3ccc(C4CCCCC4)cc3)nc21. The molecule has 140 heavy (non-hydrogen) atoms. The number of halogens is 2. The maximum absolute atomic E-state index is 13.3. The number of aromatic nitrogens is 16. The highest BCUT2D eigenvalue weighted by molar-refractivity contribution is 9.10. The molecule has 5 aliphatic rings. The predicted molar refractivity (Wildman–Crippen MR) is 530 cm³/mol. The van der Waals surface area contributed by atoms with Gasteiger partial charge in [-0.1, -0.05) is 209 Å². The van der Waals surface area contributed by atoms with Crippen LogP contribution in [0.3, 0.4) is 0 Å². The minimum absolute atomic E-state index is 0.0669. The summed E-state index contributed by atoms with van der Waals surface area (Å²) in [4.78, 5) is 109. The summed E-state index contributed by atoms with van der Waals surface area (Å²) in [7, 11) is 0. The first-order valence-corrected chi connectivity index (χ1v) is 48.7. The van der Waals surface area contributed by atoms with Crippen molar-refractivity contribution in [2.75, 3.05) is 26.6 Å². The first kappa shape index (κ1) is 96.5. The van der Waals surface area contributed by atoms with Crippen LogP contribution in [0.4, 0.5) is 39.7 Å². The average Bonchev–Trinajstić information content (AvgIpc) is 1.68. The smallest absolute Gasteiger partial charge is 0.323 e. The van der Waals surface area contributed by atoms with Crippen LogP contribution in [0.15, 0.2) is 200 Å². The van der Waals surface area contributed by atoms with Gasteiger partial charge in [-0.25, -0.2) is 24.3 Å². The first-order valence-electron chi connectivity index (χ1n) is 47.9. The number of carboxylic acid groups (broad SMARTS) is 4. The molecule has 8 aromatic heterocycles. The van der Waals surface area contributed by atoms with Crippen LogP contribution in [0.2, 0.25) is 0 Å². The Kier molecular flexibility index (Phi) is 31.9. The quantitative estimate of drug-likeness (QED) is 0.0136. The Morgan fingerprint density at radius 3 is 0.971 bits per heavy atom. The lowest BCUT2D eigenvalue weighted by atomic mass is 9.84. The molecule has 5 fully saturated rings. The third-order valence-electron chi connectivity index (χ3n) is 26.0. The Balaban J connectivity index is 0.000000129. The van der Waals surface area contributed by atoms with Gasteiger partial charge < -0.3 is 79.5 Å². The maximum Gasteiger partial charge on any atom is 0.323 e. The van der Waals surface area contributed by atoms with Gasteiger partial charge in [0.25, 0.3) is 23.3 Å². The van der Waals surface area contributed by atoms with Crippen molar-refractivity contribution >= 4 is 120 Å². The second-order valence-electron chi connectivity index (χ2n) is 36.0. The number of nitro benzene ring substituents is 1. The highest BCUT2D eigenvalue weighted by atomic mass is 79.9. The summed E-state index contributed by atoms with van der Waals surface area (Å²) in [5, 5.41) is 64.5. The average molecular weight is 1960 g/mol. The number of aliphatic carboxylic acids is 4. The maximum atomic E-state index is 13.3. The molecular formula is C103H110BrFN22O13. The number of fused-ring (bicyclic) bond motifs is 4. The fourth-order valence-corrected chi connectivity index (χ4v) is 19.1. The predicted octanol–water partition coefficient (Wildman–Crippen LogP) is 21.8. The lowest BCUT2D eigenvalue weighted by Gasteiger charge is -2.22. The van der Waals surface area contributed by atoms with Crippen molar-refractivity contribution in [3.8, 4) is 34.9 Å². The molecular weight excluding hydrogens is 1850 g/mol. The van der Waals surface area contributed by atoms with E-state index in [0.717, 1.165) is 34.0 Å². The molecule has 37 heteroatoms. The molecule has 9 N–H and O–H groups in total. The fraction of sp³-hybridized carbons (Fsp3) is 0.359. The van der Waals surface area contributed by atoms with E-state index in [9.17, 15) is 54.1 Å². The largest absolute Gasteiger partial charge is 0.480 e. The molecule has 724 valence electrons. The molecule has 0 amide bonds. The number of benzene rings is 7. The highest BCUT2D eigenvalue weighted by Gasteiger charge is 2.27. The van der Waals surface area contributed by atoms with Crippen LogP contribution in [0, 0.1) is 15.9 Å². The molecule has 5 saturated carbocycles. The molecule has 0 spiro atoms. The number of nitrogens with zero attached hydrogens (tertiary/aromatic N) is 17. The summed E-state index contributed by atoms with van der Waals surface area (Å²) in [6.07, 6.45) is 36.4. The van der Waals surface area contributed by atoms with Gasteiger partial charge in [-0.3, -0.25) is 29.3 Å². The molecule has 0 bridgehead atoms. The van der Waals surface area contributed by atoms with E-state index in [0.29, 0.717) is 130 Å². The van der Waals surface area contributed by atoms with E-state index in [1.165, 1.54) is 257 Å². The number of non-ortho nitro benzene ring substituents is 1. The van der Waals surface area contributed by atoms with Crippen molar-refractivity contribution in [3.63, 3.8) is 0 Å². The Morgan fingerprint density at radius 2 is 0.657 bits per heavy atom. The van der Waals surface area contributed by atoms with E-state index in [-0.39, 0.29) is 72.7 Å². The van der Waals surface area contributed by atoms with Gasteiger partial charge in [-0.15, -0.1) is 0 Å². The van der Waals surface area contributed by atoms with Crippen LogP contribution in [0.1, 0.15) is 222 Å². The molecule has 5 aliphatic carbocycles. The van der Waals surface area contributed by atoms with E-state index < -0.39 is 28.8 Å². The molecule has 35 nitrogen and oxygen atoms in total. The molecule has 20 rings (SSSR count). The minimum atomic E-state index is -1.04. The fourth-order valence-electron chi connectivity index (χ4n) is 18.7. The Bertz CT molecular complexity index is 6780. The summed E-state index contributed by atoms with van der Waals surface area (Å²) in [6, 6.07) is 53.7. The third-order valence-corrected chi connectivity index (χ3v) is 26.5. The topological polar surface area (TPSA) is 455 Å². The molecule has 0 unspecified atom stereocenters. The van der Waals surface area contributed by atoms with Crippen molar-refractivity contribution in [1.82, 2.24) is 78.1 Å². The molecule has 0 radical (unpaired) electrons. The second kappa shape index (κ2) is 46.3. The van der Waals surface area contributed by atoms with Crippen LogP contribution >= 0.6 is 15.9 Å². The summed E-state index contributed by atoms with van der Waals surface area (Å²) in [6.45, 7) is 1.01. The molecule has 15 aromatic rings. The monoisotopic (exact) mass is 1960 g/mol. The normalized spacial score (nSPS) is 14.9. The minimum Gasteiger partial charge on any atom is -0.480 e. The standard InChI is InChI=1S/C26H26BrN5O3.C26H26FN5O3.C26H26N6O5.C25H32N6O2/c27-20-7-4-8-21(13-20)35-25-23-24(32(16-29-23)15-22(33)34)30-26(31-25)28-14-17-9-11-19(12-10-17)18-5-2-1-3-6-18;27-20-10-12-21(13-11-20)35-25-23-24(32(16-29-23)15-22(33)34)30-26(31-25)28-14-17-6-8-19(9-7-17)18-4-2-1-3-5-18;33-22(34)15-31-16-28-23-24(31)29-26(30-25(23)37-21-12-10-20(11-13-21)32(35)36)27-14-17-6-8-19(9-7-17)18-4-2-1-3-5-18;32-21(33)15-31-16-27-22-23(28-20-8-4-5-9-20)29-25(30-24(22)31)26-14-17-10-12-19(13-11-17)18-6-2-1-3-7-18/h4,7-13,16,18H,1-3,5-6,14-15H2,(H,33,34)(H,28,30,31);6-13,16,18H,1-5,14-15H2,(H,33,34)(H,28,30,31);6-13,16,18H,1-5,14-15H2,(H,33,34)(H,27,29,30);10-13,16,18,20H,1-9,14-15H2,(H,32,33)(H2,26,28,29,30). The highest BCUT2D eigenvalue weighted by Crippen LogP contribution is 2.40. The summed E-state index contributed by atoms with van der Waals surface area (Å²) in [5.74, 6) is 2.12. The number of anilines is 5. The van der Waals surface area contributed by atoms with Crippen molar-refractivity contribution in [2.24, 2.45) is 0 Å². The zero-order valence-corrected chi connectivity index (χ0v) is 78.9.